The summed E-state index contributed by atoms with van der Waals surface area (Å²) in [6, 6.07) is 5.56. The monoisotopic (exact) mass is 633 g/mol. The summed E-state index contributed by atoms with van der Waals surface area (Å²) in [5.74, 6) is 5.75. The lowest BCUT2D eigenvalue weighted by Gasteiger charge is -2.42. The number of carbonyl (C=O) groups excluding carboxylic acids is 4. The summed E-state index contributed by atoms with van der Waals surface area (Å²) in [4.78, 5) is 57.9. The van der Waals surface area contributed by atoms with E-state index in [-0.39, 0.29) is 24.3 Å². The van der Waals surface area contributed by atoms with Crippen molar-refractivity contribution < 1.29 is 23.9 Å². The molecule has 5 rings (SSSR count). The Kier molecular flexibility index (Phi) is 11.4. The average molecular weight is 634 g/mol. The number of amides is 4. The maximum atomic E-state index is 13.0. The van der Waals surface area contributed by atoms with Gasteiger partial charge < -0.3 is 19.4 Å². The van der Waals surface area contributed by atoms with E-state index in [1.807, 2.05) is 37.8 Å². The Labute approximate surface area is 274 Å². The number of fused-ring (bicyclic) bond motifs is 1. The summed E-state index contributed by atoms with van der Waals surface area (Å²) in [7, 11) is 0. The molecule has 10 heteroatoms. The van der Waals surface area contributed by atoms with E-state index in [2.05, 4.69) is 27.0 Å². The highest BCUT2D eigenvalue weighted by Gasteiger charge is 2.39. The van der Waals surface area contributed by atoms with Gasteiger partial charge in [0.25, 0.3) is 5.91 Å². The summed E-state index contributed by atoms with van der Waals surface area (Å²) >= 11 is 0. The molecule has 4 amide bonds. The first-order valence-electron chi connectivity index (χ1n) is 17.3. The second-order valence-corrected chi connectivity index (χ2v) is 14.1. The fraction of sp³-hybridized carbons (Fsp3) is 0.667. The maximum Gasteiger partial charge on any atom is 0.410 e. The zero-order valence-electron chi connectivity index (χ0n) is 27.9. The van der Waals surface area contributed by atoms with E-state index in [4.69, 9.17) is 4.74 Å². The van der Waals surface area contributed by atoms with E-state index in [1.54, 1.807) is 11.0 Å². The number of unbranched alkanes of at least 4 members (excludes halogenated alkanes) is 5. The predicted molar refractivity (Wildman–Crippen MR) is 176 cm³/mol. The van der Waals surface area contributed by atoms with Crippen LogP contribution in [-0.2, 0) is 20.9 Å². The fourth-order valence-electron chi connectivity index (χ4n) is 7.03. The molecule has 1 atom stereocenters. The molecule has 0 aromatic heterocycles. The Bertz CT molecular complexity index is 1330. The number of ether oxygens (including phenoxy) is 1. The number of hydrogen-bond acceptors (Lipinski definition) is 7. The molecule has 10 nitrogen and oxygen atoms in total. The van der Waals surface area contributed by atoms with Crippen molar-refractivity contribution in [1.82, 2.24) is 24.9 Å². The summed E-state index contributed by atoms with van der Waals surface area (Å²) in [5, 5.41) is 2.36. The van der Waals surface area contributed by atoms with Gasteiger partial charge in [0.1, 0.15) is 11.6 Å². The number of nitrogens with zero attached hydrogens (tertiary/aromatic N) is 4. The second-order valence-electron chi connectivity index (χ2n) is 14.1. The topological polar surface area (TPSA) is 102 Å². The van der Waals surface area contributed by atoms with Gasteiger partial charge in [-0.15, -0.1) is 0 Å². The van der Waals surface area contributed by atoms with E-state index in [9.17, 15) is 19.2 Å². The predicted octanol–water partition coefficient (Wildman–Crippen LogP) is 4.16. The molecule has 250 valence electrons. The molecule has 3 fully saturated rings. The highest BCUT2D eigenvalue weighted by Crippen LogP contribution is 2.29. The van der Waals surface area contributed by atoms with Gasteiger partial charge in [-0.1, -0.05) is 37.2 Å². The number of hydrogen-bond donors (Lipinski definition) is 1. The minimum absolute atomic E-state index is 0.160. The number of benzene rings is 1. The van der Waals surface area contributed by atoms with Crippen LogP contribution in [0.4, 0.5) is 4.79 Å². The molecule has 4 heterocycles. The van der Waals surface area contributed by atoms with Crippen LogP contribution >= 0.6 is 0 Å². The molecule has 0 bridgehead atoms. The molecule has 0 spiro atoms. The van der Waals surface area contributed by atoms with Gasteiger partial charge in [0.15, 0.2) is 0 Å². The Morgan fingerprint density at radius 3 is 2.37 bits per heavy atom. The van der Waals surface area contributed by atoms with Gasteiger partial charge >= 0.3 is 6.09 Å². The van der Waals surface area contributed by atoms with Crippen molar-refractivity contribution in [2.45, 2.75) is 109 Å². The van der Waals surface area contributed by atoms with Crippen molar-refractivity contribution in [1.29, 1.82) is 0 Å². The van der Waals surface area contributed by atoms with E-state index in [0.717, 1.165) is 76.1 Å². The molecule has 4 aliphatic rings. The third-order valence-corrected chi connectivity index (χ3v) is 9.62. The van der Waals surface area contributed by atoms with Crippen molar-refractivity contribution in [2.75, 3.05) is 45.8 Å². The minimum Gasteiger partial charge on any atom is -0.444 e. The van der Waals surface area contributed by atoms with Crippen LogP contribution in [0.2, 0.25) is 0 Å². The quantitative estimate of drug-likeness (QED) is 0.248. The van der Waals surface area contributed by atoms with Gasteiger partial charge in [-0.3, -0.25) is 24.6 Å². The Hall–Kier alpha value is -3.42. The summed E-state index contributed by atoms with van der Waals surface area (Å²) < 4.78 is 5.54. The first-order valence-corrected chi connectivity index (χ1v) is 17.3. The number of carbonyl (C=O) groups is 4. The fourth-order valence-corrected chi connectivity index (χ4v) is 7.03. The maximum absolute atomic E-state index is 13.0. The first kappa shape index (κ1) is 33.9. The molecule has 3 saturated heterocycles. The largest absolute Gasteiger partial charge is 0.444 e. The summed E-state index contributed by atoms with van der Waals surface area (Å²) in [5.41, 5.74) is 1.90. The third kappa shape index (κ3) is 8.89. The average Bonchev–Trinajstić information content (AvgIpc) is 3.36. The first-order chi connectivity index (χ1) is 22.1. The molecule has 46 heavy (non-hydrogen) atoms. The van der Waals surface area contributed by atoms with E-state index in [0.29, 0.717) is 24.6 Å². The Balaban J connectivity index is 0.931. The van der Waals surface area contributed by atoms with Crippen LogP contribution in [0.15, 0.2) is 18.2 Å². The highest BCUT2D eigenvalue weighted by molar-refractivity contribution is 6.05. The van der Waals surface area contributed by atoms with E-state index in [1.165, 1.54) is 32.2 Å². The lowest BCUT2D eigenvalue weighted by molar-refractivity contribution is -0.136. The van der Waals surface area contributed by atoms with Crippen LogP contribution in [0.5, 0.6) is 0 Å². The van der Waals surface area contributed by atoms with Gasteiger partial charge in [0.05, 0.1) is 0 Å². The van der Waals surface area contributed by atoms with Crippen LogP contribution in [-0.4, -0.2) is 107 Å². The van der Waals surface area contributed by atoms with Crippen LogP contribution < -0.4 is 5.32 Å². The molecule has 1 unspecified atom stereocenters. The highest BCUT2D eigenvalue weighted by atomic mass is 16.6. The van der Waals surface area contributed by atoms with Gasteiger partial charge in [0, 0.05) is 75.8 Å². The lowest BCUT2D eigenvalue weighted by atomic mass is 10.0. The molecule has 1 aromatic carbocycles. The molecule has 4 aliphatic heterocycles. The molecule has 0 saturated carbocycles. The number of likely N-dealkylation sites (tertiary alicyclic amines) is 1. The van der Waals surface area contributed by atoms with Crippen molar-refractivity contribution >= 4 is 23.8 Å². The van der Waals surface area contributed by atoms with Crippen LogP contribution in [0, 0.1) is 11.8 Å². The Morgan fingerprint density at radius 1 is 0.935 bits per heavy atom. The SMILES string of the molecule is CC(C)(C)OC(=O)N1CCC(N2CCN(CCCCCCCC#Cc3cccc4c3CN(C3CCC(=O)NC3=O)C4=O)CC2)CC1. The molecule has 0 radical (unpaired) electrons. The zero-order chi connectivity index (χ0) is 32.7. The normalized spacial score (nSPS) is 21.5. The van der Waals surface area contributed by atoms with E-state index >= 15 is 0 Å². The number of imide groups is 1. The molecule has 1 N–H and O–H groups in total. The number of piperidine rings is 2. The number of nitrogens with one attached hydrogen (secondary N) is 1. The lowest BCUT2D eigenvalue weighted by Crippen LogP contribution is -2.54. The molecular weight excluding hydrogens is 582 g/mol. The Morgan fingerprint density at radius 2 is 1.65 bits per heavy atom. The van der Waals surface area contributed by atoms with Crippen LogP contribution in [0.3, 0.4) is 0 Å². The molecule has 0 aliphatic carbocycles. The van der Waals surface area contributed by atoms with Gasteiger partial charge in [-0.2, -0.15) is 0 Å². The van der Waals surface area contributed by atoms with Crippen molar-refractivity contribution in [2.24, 2.45) is 0 Å². The zero-order valence-corrected chi connectivity index (χ0v) is 27.9. The van der Waals surface area contributed by atoms with Gasteiger partial charge in [0.2, 0.25) is 11.8 Å². The minimum atomic E-state index is -0.606. The van der Waals surface area contributed by atoms with Crippen molar-refractivity contribution in [3.63, 3.8) is 0 Å². The molecule has 1 aromatic rings. The summed E-state index contributed by atoms with van der Waals surface area (Å²) in [6.45, 7) is 13.3. The van der Waals surface area contributed by atoms with Gasteiger partial charge in [-0.05, 0) is 77.1 Å². The third-order valence-electron chi connectivity index (χ3n) is 9.62. The number of piperazine rings is 1. The number of rotatable bonds is 9. The second kappa shape index (κ2) is 15.4. The van der Waals surface area contributed by atoms with Crippen LogP contribution in [0.1, 0.15) is 106 Å². The standard InChI is InChI=1S/C36H51N5O5/c1-36(2,3)46-35(45)40-20-17-28(18-21-40)39-24-22-38(23-25-39)19-10-8-6-4-5-7-9-12-27-13-11-14-29-30(27)26-41(34(29)44)31-15-16-32(42)37-33(31)43/h11,13-14,28,31H,4-8,10,15-26H2,1-3H3,(H,37,42,43). The summed E-state index contributed by atoms with van der Waals surface area (Å²) in [6.07, 6.45) is 9.23. The van der Waals surface area contributed by atoms with Gasteiger partial charge in [-0.25, -0.2) is 4.79 Å². The van der Waals surface area contributed by atoms with Crippen molar-refractivity contribution in [3.05, 3.63) is 34.9 Å². The van der Waals surface area contributed by atoms with Crippen LogP contribution in [0.25, 0.3) is 0 Å². The smallest absolute Gasteiger partial charge is 0.410 e. The van der Waals surface area contributed by atoms with Crippen molar-refractivity contribution in [3.8, 4) is 11.8 Å². The molecular formula is C36H51N5O5. The van der Waals surface area contributed by atoms with E-state index < -0.39 is 17.6 Å².